The van der Waals surface area contributed by atoms with E-state index in [4.69, 9.17) is 9.47 Å². The fourth-order valence-electron chi connectivity index (χ4n) is 2.40. The van der Waals surface area contributed by atoms with Crippen LogP contribution in [0.15, 0.2) is 60.8 Å². The number of nitrogens with zero attached hydrogens (tertiary/aromatic N) is 1. The summed E-state index contributed by atoms with van der Waals surface area (Å²) >= 11 is 0. The first kappa shape index (κ1) is 18.2. The molecule has 0 radical (unpaired) electrons. The van der Waals surface area contributed by atoms with Crippen LogP contribution in [0.5, 0.6) is 11.5 Å². The number of pyridine rings is 1. The topological polar surface area (TPSA) is 72.5 Å². The lowest BCUT2D eigenvalue weighted by Gasteiger charge is -2.12. The van der Waals surface area contributed by atoms with Crippen molar-refractivity contribution in [1.82, 2.24) is 4.98 Å². The number of amides is 1. The fourth-order valence-corrected chi connectivity index (χ4v) is 2.40. The predicted molar refractivity (Wildman–Crippen MR) is 101 cm³/mol. The minimum atomic E-state index is -0.382. The summed E-state index contributed by atoms with van der Waals surface area (Å²) in [6.45, 7) is 0. The van der Waals surface area contributed by atoms with E-state index in [2.05, 4.69) is 15.6 Å². The van der Waals surface area contributed by atoms with Gasteiger partial charge in [0.2, 0.25) is 0 Å². The van der Waals surface area contributed by atoms with Gasteiger partial charge in [0.1, 0.15) is 23.1 Å². The first-order chi connectivity index (χ1) is 13.1. The lowest BCUT2D eigenvalue weighted by Crippen LogP contribution is -2.13. The van der Waals surface area contributed by atoms with Gasteiger partial charge in [-0.1, -0.05) is 12.1 Å². The third-order valence-corrected chi connectivity index (χ3v) is 3.82. The monoisotopic (exact) mass is 367 g/mol. The van der Waals surface area contributed by atoms with Crippen molar-refractivity contribution in [3.63, 3.8) is 0 Å². The zero-order valence-electron chi connectivity index (χ0n) is 14.8. The minimum absolute atomic E-state index is 0.310. The molecule has 6 nitrogen and oxygen atoms in total. The molecule has 0 aliphatic rings. The number of carbonyl (C=O) groups excluding carboxylic acids is 1. The highest BCUT2D eigenvalue weighted by atomic mass is 19.1. The maximum absolute atomic E-state index is 13.7. The quantitative estimate of drug-likeness (QED) is 0.682. The number of halogens is 1. The number of aromatic nitrogens is 1. The lowest BCUT2D eigenvalue weighted by molar-refractivity contribution is 0.102. The molecule has 27 heavy (non-hydrogen) atoms. The van der Waals surface area contributed by atoms with E-state index < -0.39 is 0 Å². The molecule has 0 aliphatic carbocycles. The van der Waals surface area contributed by atoms with Gasteiger partial charge in [-0.2, -0.15) is 0 Å². The summed E-state index contributed by atoms with van der Waals surface area (Å²) in [6, 6.07) is 14.6. The van der Waals surface area contributed by atoms with Gasteiger partial charge in [0.25, 0.3) is 5.91 Å². The van der Waals surface area contributed by atoms with Crippen molar-refractivity contribution in [3.05, 3.63) is 72.2 Å². The van der Waals surface area contributed by atoms with Crippen LogP contribution < -0.4 is 20.1 Å². The van der Waals surface area contributed by atoms with Crippen LogP contribution in [0.4, 0.5) is 21.6 Å². The number of para-hydroxylation sites is 1. The number of carbonyl (C=O) groups is 1. The van der Waals surface area contributed by atoms with Crippen molar-refractivity contribution in [2.45, 2.75) is 0 Å². The van der Waals surface area contributed by atoms with E-state index >= 15 is 0 Å². The molecule has 0 atom stereocenters. The molecular weight excluding hydrogens is 349 g/mol. The number of rotatable bonds is 6. The number of methoxy groups -OCH3 is 2. The Bertz CT molecular complexity index is 945. The molecule has 0 unspecified atom stereocenters. The van der Waals surface area contributed by atoms with Crippen LogP contribution in [0.2, 0.25) is 0 Å². The van der Waals surface area contributed by atoms with Crippen molar-refractivity contribution in [2.75, 3.05) is 24.9 Å². The first-order valence-electron chi connectivity index (χ1n) is 8.11. The van der Waals surface area contributed by atoms with Gasteiger partial charge in [-0.05, 0) is 36.4 Å². The number of hydrogen-bond donors (Lipinski definition) is 2. The Labute approximate surface area is 156 Å². The van der Waals surface area contributed by atoms with E-state index in [1.807, 2.05) is 0 Å². The van der Waals surface area contributed by atoms with Crippen LogP contribution >= 0.6 is 0 Å². The molecule has 1 amide bonds. The van der Waals surface area contributed by atoms with E-state index in [1.54, 1.807) is 55.6 Å². The molecule has 2 aromatic carbocycles. The molecule has 7 heteroatoms. The van der Waals surface area contributed by atoms with Gasteiger partial charge >= 0.3 is 0 Å². The highest BCUT2D eigenvalue weighted by Gasteiger charge is 2.11. The van der Waals surface area contributed by atoms with Gasteiger partial charge in [0, 0.05) is 12.3 Å². The second-order valence-corrected chi connectivity index (χ2v) is 5.56. The summed E-state index contributed by atoms with van der Waals surface area (Å²) in [5.74, 6) is 0.804. The van der Waals surface area contributed by atoms with Gasteiger partial charge in [0.05, 0.1) is 31.2 Å². The normalized spacial score (nSPS) is 10.2. The molecule has 1 aromatic heterocycles. The molecule has 0 saturated carbocycles. The minimum Gasteiger partial charge on any atom is -0.497 e. The summed E-state index contributed by atoms with van der Waals surface area (Å²) in [5.41, 5.74) is 1.17. The van der Waals surface area contributed by atoms with Gasteiger partial charge in [-0.3, -0.25) is 4.79 Å². The van der Waals surface area contributed by atoms with E-state index in [0.717, 1.165) is 0 Å². The maximum atomic E-state index is 13.7. The number of hydrogen-bond acceptors (Lipinski definition) is 5. The Morgan fingerprint density at radius 3 is 2.48 bits per heavy atom. The Morgan fingerprint density at radius 1 is 1.00 bits per heavy atom. The Kier molecular flexibility index (Phi) is 5.51. The van der Waals surface area contributed by atoms with Crippen LogP contribution in [0.3, 0.4) is 0 Å². The molecule has 0 saturated heterocycles. The second kappa shape index (κ2) is 8.18. The average Bonchev–Trinajstić information content (AvgIpc) is 2.70. The standard InChI is InChI=1S/C20H18FN3O3/c1-26-14-8-9-17(18(11-14)27-2)24-20(25)13-7-10-19(22-12-13)23-16-6-4-3-5-15(16)21/h3-12H,1-2H3,(H,22,23)(H,24,25). The Balaban J connectivity index is 1.72. The second-order valence-electron chi connectivity index (χ2n) is 5.56. The maximum Gasteiger partial charge on any atom is 0.257 e. The largest absolute Gasteiger partial charge is 0.497 e. The van der Waals surface area contributed by atoms with Gasteiger partial charge in [-0.25, -0.2) is 9.37 Å². The van der Waals surface area contributed by atoms with Gasteiger partial charge < -0.3 is 20.1 Å². The highest BCUT2D eigenvalue weighted by molar-refractivity contribution is 6.05. The third kappa shape index (κ3) is 4.33. The smallest absolute Gasteiger partial charge is 0.257 e. The van der Waals surface area contributed by atoms with Crippen molar-refractivity contribution in [3.8, 4) is 11.5 Å². The van der Waals surface area contributed by atoms with Crippen LogP contribution in [0, 0.1) is 5.82 Å². The SMILES string of the molecule is COc1ccc(NC(=O)c2ccc(Nc3ccccc3F)nc2)c(OC)c1. The summed E-state index contributed by atoms with van der Waals surface area (Å²) < 4.78 is 24.1. The average molecular weight is 367 g/mol. The highest BCUT2D eigenvalue weighted by Crippen LogP contribution is 2.29. The lowest BCUT2D eigenvalue weighted by atomic mass is 10.2. The summed E-state index contributed by atoms with van der Waals surface area (Å²) in [5, 5.41) is 5.63. The van der Waals surface area contributed by atoms with Crippen molar-refractivity contribution in [2.24, 2.45) is 0 Å². The molecule has 0 spiro atoms. The summed E-state index contributed by atoms with van der Waals surface area (Å²) in [7, 11) is 3.06. The van der Waals surface area contributed by atoms with E-state index in [9.17, 15) is 9.18 Å². The van der Waals surface area contributed by atoms with Gasteiger partial charge in [0.15, 0.2) is 0 Å². The van der Waals surface area contributed by atoms with Crippen LogP contribution in [0.25, 0.3) is 0 Å². The molecule has 3 aromatic rings. The van der Waals surface area contributed by atoms with E-state index in [1.165, 1.54) is 19.4 Å². The van der Waals surface area contributed by atoms with Crippen LogP contribution in [-0.2, 0) is 0 Å². The van der Waals surface area contributed by atoms with Crippen molar-refractivity contribution in [1.29, 1.82) is 0 Å². The third-order valence-electron chi connectivity index (χ3n) is 3.82. The summed E-state index contributed by atoms with van der Waals surface area (Å²) in [4.78, 5) is 16.6. The molecule has 3 rings (SSSR count). The molecule has 0 fully saturated rings. The molecule has 0 bridgehead atoms. The van der Waals surface area contributed by atoms with Crippen LogP contribution in [-0.4, -0.2) is 25.1 Å². The van der Waals surface area contributed by atoms with E-state index in [-0.39, 0.29) is 11.7 Å². The van der Waals surface area contributed by atoms with Crippen LogP contribution in [0.1, 0.15) is 10.4 Å². The number of ether oxygens (including phenoxy) is 2. The fraction of sp³-hybridized carbons (Fsp3) is 0.100. The Morgan fingerprint density at radius 2 is 1.81 bits per heavy atom. The van der Waals surface area contributed by atoms with Gasteiger partial charge in [-0.15, -0.1) is 0 Å². The number of benzene rings is 2. The first-order valence-corrected chi connectivity index (χ1v) is 8.11. The summed E-state index contributed by atoms with van der Waals surface area (Å²) in [6.07, 6.45) is 1.41. The molecule has 138 valence electrons. The molecule has 1 heterocycles. The molecule has 0 aliphatic heterocycles. The molecule has 2 N–H and O–H groups in total. The zero-order chi connectivity index (χ0) is 19.2. The van der Waals surface area contributed by atoms with Crippen molar-refractivity contribution >= 4 is 23.1 Å². The predicted octanol–water partition coefficient (Wildman–Crippen LogP) is 4.23. The number of nitrogens with one attached hydrogen (secondary N) is 2. The molecular formula is C20H18FN3O3. The zero-order valence-corrected chi connectivity index (χ0v) is 14.8. The Hall–Kier alpha value is -3.61. The number of anilines is 3. The van der Waals surface area contributed by atoms with Crippen molar-refractivity contribution < 1.29 is 18.7 Å². The van der Waals surface area contributed by atoms with E-state index in [0.29, 0.717) is 34.3 Å².